The van der Waals surface area contributed by atoms with Crippen LogP contribution in [-0.2, 0) is 0 Å². The van der Waals surface area contributed by atoms with E-state index in [9.17, 15) is 9.90 Å². The standard InChI is InChI=1S/C19H25N3O2/c1-13-7-3-6-10-16(13)18(23)12-20-19(24)17-11-21-22(14(17)2)15-8-4-5-9-15/h3,6-7,10-11,15,18,23H,4-5,8-9,12H2,1-2H3,(H,20,24). The van der Waals surface area contributed by atoms with Crippen LogP contribution >= 0.6 is 0 Å². The first-order chi connectivity index (χ1) is 11.6. The highest BCUT2D eigenvalue weighted by Crippen LogP contribution is 2.30. The summed E-state index contributed by atoms with van der Waals surface area (Å²) in [6, 6.07) is 8.09. The molecule has 1 aliphatic carbocycles. The van der Waals surface area contributed by atoms with Crippen molar-refractivity contribution < 1.29 is 9.90 Å². The van der Waals surface area contributed by atoms with Crippen LogP contribution in [0.1, 0.15) is 65.0 Å². The van der Waals surface area contributed by atoms with E-state index in [-0.39, 0.29) is 12.5 Å². The Morgan fingerprint density at radius 1 is 1.33 bits per heavy atom. The van der Waals surface area contributed by atoms with Crippen LogP contribution in [-0.4, -0.2) is 27.3 Å². The van der Waals surface area contributed by atoms with E-state index in [1.54, 1.807) is 6.20 Å². The number of nitrogens with one attached hydrogen (secondary N) is 1. The van der Waals surface area contributed by atoms with Crippen molar-refractivity contribution in [2.75, 3.05) is 6.54 Å². The lowest BCUT2D eigenvalue weighted by molar-refractivity contribution is 0.0915. The molecule has 0 aliphatic heterocycles. The molecule has 1 heterocycles. The molecule has 1 aromatic carbocycles. The van der Waals surface area contributed by atoms with E-state index in [2.05, 4.69) is 10.4 Å². The number of aliphatic hydroxyl groups excluding tert-OH is 1. The van der Waals surface area contributed by atoms with Crippen molar-refractivity contribution in [2.24, 2.45) is 0 Å². The van der Waals surface area contributed by atoms with Gasteiger partial charge in [-0.25, -0.2) is 0 Å². The molecule has 24 heavy (non-hydrogen) atoms. The molecule has 128 valence electrons. The van der Waals surface area contributed by atoms with E-state index in [0.717, 1.165) is 29.7 Å². The highest BCUT2D eigenvalue weighted by atomic mass is 16.3. The van der Waals surface area contributed by atoms with Gasteiger partial charge in [0.25, 0.3) is 5.91 Å². The lowest BCUT2D eigenvalue weighted by Gasteiger charge is -2.15. The number of aliphatic hydroxyl groups is 1. The number of hydrogen-bond acceptors (Lipinski definition) is 3. The van der Waals surface area contributed by atoms with Gasteiger partial charge in [0.2, 0.25) is 0 Å². The fourth-order valence-electron chi connectivity index (χ4n) is 3.52. The second kappa shape index (κ2) is 7.18. The topological polar surface area (TPSA) is 67.2 Å². The molecule has 3 rings (SSSR count). The van der Waals surface area contributed by atoms with E-state index in [1.165, 1.54) is 12.8 Å². The summed E-state index contributed by atoms with van der Waals surface area (Å²) in [7, 11) is 0. The first kappa shape index (κ1) is 16.7. The second-order valence-corrected chi connectivity index (χ2v) is 6.61. The summed E-state index contributed by atoms with van der Waals surface area (Å²) >= 11 is 0. The van der Waals surface area contributed by atoms with Crippen molar-refractivity contribution in [3.05, 3.63) is 52.8 Å². The summed E-state index contributed by atoms with van der Waals surface area (Å²) in [6.07, 6.45) is 5.66. The van der Waals surface area contributed by atoms with Crippen molar-refractivity contribution in [2.45, 2.75) is 51.7 Å². The molecule has 1 unspecified atom stereocenters. The van der Waals surface area contributed by atoms with Crippen molar-refractivity contribution in [1.29, 1.82) is 0 Å². The Labute approximate surface area is 142 Å². The minimum Gasteiger partial charge on any atom is -0.387 e. The normalized spacial score (nSPS) is 16.3. The number of hydrogen-bond donors (Lipinski definition) is 2. The lowest BCUT2D eigenvalue weighted by atomic mass is 10.0. The largest absolute Gasteiger partial charge is 0.387 e. The average molecular weight is 327 g/mol. The maximum atomic E-state index is 12.4. The van der Waals surface area contributed by atoms with Crippen molar-refractivity contribution in [3.8, 4) is 0 Å². The molecule has 0 spiro atoms. The molecule has 2 N–H and O–H groups in total. The van der Waals surface area contributed by atoms with E-state index in [0.29, 0.717) is 11.6 Å². The predicted octanol–water partition coefficient (Wildman–Crippen LogP) is 3.08. The molecule has 1 aromatic heterocycles. The monoisotopic (exact) mass is 327 g/mol. The molecule has 1 atom stereocenters. The Morgan fingerprint density at radius 2 is 2.04 bits per heavy atom. The number of aryl methyl sites for hydroxylation is 1. The number of nitrogens with zero attached hydrogens (tertiary/aromatic N) is 2. The van der Waals surface area contributed by atoms with Crippen LogP contribution in [0.4, 0.5) is 0 Å². The Bertz CT molecular complexity index is 717. The molecule has 0 bridgehead atoms. The minimum absolute atomic E-state index is 0.176. The highest BCUT2D eigenvalue weighted by Gasteiger charge is 2.22. The summed E-state index contributed by atoms with van der Waals surface area (Å²) < 4.78 is 1.99. The Morgan fingerprint density at radius 3 is 2.75 bits per heavy atom. The summed E-state index contributed by atoms with van der Waals surface area (Å²) in [5, 5.41) is 17.5. The van der Waals surface area contributed by atoms with Gasteiger partial charge in [-0.1, -0.05) is 37.1 Å². The molecule has 0 saturated heterocycles. The van der Waals surface area contributed by atoms with E-state index >= 15 is 0 Å². The maximum absolute atomic E-state index is 12.4. The van der Waals surface area contributed by atoms with Crippen molar-refractivity contribution in [1.82, 2.24) is 15.1 Å². The van der Waals surface area contributed by atoms with Crippen LogP contribution < -0.4 is 5.32 Å². The molecule has 1 aliphatic rings. The Kier molecular flexibility index (Phi) is 5.00. The first-order valence-electron chi connectivity index (χ1n) is 8.64. The molecule has 1 saturated carbocycles. The molecular weight excluding hydrogens is 302 g/mol. The quantitative estimate of drug-likeness (QED) is 0.887. The molecule has 5 nitrogen and oxygen atoms in total. The number of rotatable bonds is 5. The van der Waals surface area contributed by atoms with Gasteiger partial charge in [0.05, 0.1) is 23.9 Å². The number of carbonyl (C=O) groups excluding carboxylic acids is 1. The Balaban J connectivity index is 1.64. The lowest BCUT2D eigenvalue weighted by Crippen LogP contribution is -2.29. The first-order valence-corrected chi connectivity index (χ1v) is 8.64. The summed E-state index contributed by atoms with van der Waals surface area (Å²) in [5.41, 5.74) is 3.37. The van der Waals surface area contributed by atoms with Crippen LogP contribution in [0.15, 0.2) is 30.5 Å². The van der Waals surface area contributed by atoms with Crippen LogP contribution in [0.3, 0.4) is 0 Å². The third-order valence-electron chi connectivity index (χ3n) is 4.96. The molecular formula is C19H25N3O2. The summed E-state index contributed by atoms with van der Waals surface area (Å²) in [6.45, 7) is 4.09. The van der Waals surface area contributed by atoms with Gasteiger partial charge in [-0.2, -0.15) is 5.10 Å². The summed E-state index contributed by atoms with van der Waals surface area (Å²) in [4.78, 5) is 12.4. The fourth-order valence-corrected chi connectivity index (χ4v) is 3.52. The molecule has 1 amide bonds. The van der Waals surface area contributed by atoms with E-state index in [1.807, 2.05) is 42.8 Å². The number of carbonyl (C=O) groups is 1. The maximum Gasteiger partial charge on any atom is 0.254 e. The number of amides is 1. The minimum atomic E-state index is -0.708. The van der Waals surface area contributed by atoms with Gasteiger partial charge in [0.1, 0.15) is 0 Å². The third kappa shape index (κ3) is 3.36. The fraction of sp³-hybridized carbons (Fsp3) is 0.474. The number of benzene rings is 1. The highest BCUT2D eigenvalue weighted by molar-refractivity contribution is 5.95. The van der Waals surface area contributed by atoms with Gasteiger partial charge in [-0.15, -0.1) is 0 Å². The third-order valence-corrected chi connectivity index (χ3v) is 4.96. The zero-order valence-corrected chi connectivity index (χ0v) is 14.3. The van der Waals surface area contributed by atoms with Gasteiger partial charge < -0.3 is 10.4 Å². The van der Waals surface area contributed by atoms with Crippen molar-refractivity contribution in [3.63, 3.8) is 0 Å². The van der Waals surface area contributed by atoms with Gasteiger partial charge >= 0.3 is 0 Å². The van der Waals surface area contributed by atoms with Gasteiger partial charge in [0, 0.05) is 12.2 Å². The summed E-state index contributed by atoms with van der Waals surface area (Å²) in [5.74, 6) is -0.176. The van der Waals surface area contributed by atoms with E-state index < -0.39 is 6.10 Å². The second-order valence-electron chi connectivity index (χ2n) is 6.61. The van der Waals surface area contributed by atoms with E-state index in [4.69, 9.17) is 0 Å². The smallest absolute Gasteiger partial charge is 0.254 e. The van der Waals surface area contributed by atoms with Crippen LogP contribution in [0.5, 0.6) is 0 Å². The zero-order valence-electron chi connectivity index (χ0n) is 14.3. The zero-order chi connectivity index (χ0) is 17.1. The van der Waals surface area contributed by atoms with Crippen LogP contribution in [0, 0.1) is 13.8 Å². The molecule has 5 heteroatoms. The molecule has 1 fully saturated rings. The van der Waals surface area contributed by atoms with Gasteiger partial charge in [0.15, 0.2) is 0 Å². The SMILES string of the molecule is Cc1ccccc1C(O)CNC(=O)c1cnn(C2CCCC2)c1C. The molecule has 2 aromatic rings. The van der Waals surface area contributed by atoms with Crippen LogP contribution in [0.2, 0.25) is 0 Å². The number of aromatic nitrogens is 2. The van der Waals surface area contributed by atoms with Gasteiger partial charge in [-0.3, -0.25) is 9.48 Å². The van der Waals surface area contributed by atoms with Crippen molar-refractivity contribution >= 4 is 5.91 Å². The average Bonchev–Trinajstić information content (AvgIpc) is 3.22. The predicted molar refractivity (Wildman–Crippen MR) is 92.9 cm³/mol. The Hall–Kier alpha value is -2.14. The molecule has 0 radical (unpaired) electrons. The van der Waals surface area contributed by atoms with Gasteiger partial charge in [-0.05, 0) is 37.8 Å². The van der Waals surface area contributed by atoms with Crippen LogP contribution in [0.25, 0.3) is 0 Å².